The van der Waals surface area contributed by atoms with Gasteiger partial charge in [-0.1, -0.05) is 15.9 Å². The van der Waals surface area contributed by atoms with Gasteiger partial charge < -0.3 is 10.1 Å². The van der Waals surface area contributed by atoms with Crippen LogP contribution in [-0.2, 0) is 16.1 Å². The van der Waals surface area contributed by atoms with Crippen LogP contribution >= 0.6 is 15.9 Å². The minimum Gasteiger partial charge on any atom is -0.381 e. The Hall–Kier alpha value is -2.52. The first-order valence-electron chi connectivity index (χ1n) is 9.58. The third kappa shape index (κ3) is 4.25. The molecule has 29 heavy (non-hydrogen) atoms. The summed E-state index contributed by atoms with van der Waals surface area (Å²) in [6.45, 7) is 2.38. The van der Waals surface area contributed by atoms with E-state index < -0.39 is 0 Å². The summed E-state index contributed by atoms with van der Waals surface area (Å²) in [7, 11) is 0. The molecule has 0 radical (unpaired) electrons. The molecule has 1 N–H and O–H groups in total. The van der Waals surface area contributed by atoms with Gasteiger partial charge in [-0.15, -0.1) is 0 Å². The number of rotatable bonds is 7. The Balaban J connectivity index is 1.28. The van der Waals surface area contributed by atoms with Crippen molar-refractivity contribution in [3.8, 4) is 0 Å². The summed E-state index contributed by atoms with van der Waals surface area (Å²) >= 11 is 3.32. The predicted molar refractivity (Wildman–Crippen MR) is 109 cm³/mol. The van der Waals surface area contributed by atoms with Gasteiger partial charge in [-0.3, -0.25) is 19.3 Å². The first-order chi connectivity index (χ1) is 14.0. The first-order valence-corrected chi connectivity index (χ1v) is 10.4. The number of carbonyl (C=O) groups is 3. The van der Waals surface area contributed by atoms with Gasteiger partial charge in [0.2, 0.25) is 5.91 Å². The Morgan fingerprint density at radius 1 is 1.24 bits per heavy atom. The number of ether oxygens (including phenoxy) is 1. The van der Waals surface area contributed by atoms with Crippen LogP contribution in [0.25, 0.3) is 0 Å². The molecule has 3 heterocycles. The molecule has 2 aliphatic heterocycles. The minimum absolute atomic E-state index is 0.172. The molecule has 1 atom stereocenters. The molecule has 152 valence electrons. The average Bonchev–Trinajstić information content (AvgIpc) is 3.41. The first kappa shape index (κ1) is 19.8. The molecule has 1 aromatic carbocycles. The van der Waals surface area contributed by atoms with Crippen LogP contribution in [0.5, 0.6) is 0 Å². The molecule has 0 unspecified atom stereocenters. The maximum Gasteiger partial charge on any atom is 0.261 e. The normalized spacial score (nSPS) is 18.4. The molecule has 0 bridgehead atoms. The molecule has 1 saturated heterocycles. The molecule has 9 heteroatoms. The molecular formula is C20H21BrN4O4. The Morgan fingerprint density at radius 2 is 2.07 bits per heavy atom. The van der Waals surface area contributed by atoms with Crippen molar-refractivity contribution in [2.75, 3.05) is 25.1 Å². The number of carbonyl (C=O) groups excluding carboxylic acids is 3. The number of anilines is 1. The molecule has 2 aliphatic rings. The molecular weight excluding hydrogens is 440 g/mol. The molecule has 4 rings (SSSR count). The zero-order valence-corrected chi connectivity index (χ0v) is 17.4. The predicted octanol–water partition coefficient (Wildman–Crippen LogP) is 2.70. The van der Waals surface area contributed by atoms with Gasteiger partial charge in [0.05, 0.1) is 23.9 Å². The van der Waals surface area contributed by atoms with Crippen molar-refractivity contribution in [2.45, 2.75) is 25.8 Å². The molecule has 2 aromatic rings. The van der Waals surface area contributed by atoms with E-state index in [0.29, 0.717) is 42.4 Å². The third-order valence-electron chi connectivity index (χ3n) is 5.16. The molecule has 3 amide bonds. The molecule has 1 fully saturated rings. The number of amides is 3. The highest BCUT2D eigenvalue weighted by Crippen LogP contribution is 2.26. The number of aromatic nitrogens is 2. The Labute approximate surface area is 176 Å². The Morgan fingerprint density at radius 3 is 2.86 bits per heavy atom. The lowest BCUT2D eigenvalue weighted by atomic mass is 10.1. The van der Waals surface area contributed by atoms with Crippen LogP contribution in [0.1, 0.15) is 40.0 Å². The second-order valence-corrected chi connectivity index (χ2v) is 8.15. The summed E-state index contributed by atoms with van der Waals surface area (Å²) in [5.41, 5.74) is 0.802. The molecule has 0 spiro atoms. The van der Waals surface area contributed by atoms with Crippen molar-refractivity contribution < 1.29 is 19.1 Å². The van der Waals surface area contributed by atoms with Gasteiger partial charge in [0.15, 0.2) is 0 Å². The van der Waals surface area contributed by atoms with E-state index in [4.69, 9.17) is 4.74 Å². The fourth-order valence-corrected chi connectivity index (χ4v) is 3.99. The van der Waals surface area contributed by atoms with Crippen molar-refractivity contribution >= 4 is 39.5 Å². The van der Waals surface area contributed by atoms with E-state index in [0.717, 1.165) is 17.5 Å². The van der Waals surface area contributed by atoms with Gasteiger partial charge >= 0.3 is 0 Å². The second-order valence-electron chi connectivity index (χ2n) is 7.23. The second kappa shape index (κ2) is 8.46. The highest BCUT2D eigenvalue weighted by Gasteiger charge is 2.35. The maximum absolute atomic E-state index is 12.5. The summed E-state index contributed by atoms with van der Waals surface area (Å²) in [6.07, 6.45) is 3.24. The highest BCUT2D eigenvalue weighted by molar-refractivity contribution is 9.10. The van der Waals surface area contributed by atoms with E-state index in [1.54, 1.807) is 35.1 Å². The molecule has 8 nitrogen and oxygen atoms in total. The van der Waals surface area contributed by atoms with Gasteiger partial charge in [0.1, 0.15) is 5.82 Å². The van der Waals surface area contributed by atoms with Crippen LogP contribution in [0, 0.1) is 5.92 Å². The number of imide groups is 1. The molecule has 0 saturated carbocycles. The standard InChI is InChI=1S/C20H21BrN4O4/c21-14-3-4-15-16(10-14)20(28)24(19(15)27)8-1-2-18(26)23-17-5-7-22-25(17)11-13-6-9-29-12-13/h3-5,7,10,13H,1-2,6,8-9,11-12H2,(H,23,26)/t13-/m1/s1. The number of nitrogens with one attached hydrogen (secondary N) is 1. The third-order valence-corrected chi connectivity index (χ3v) is 5.65. The van der Waals surface area contributed by atoms with Crippen molar-refractivity contribution in [1.82, 2.24) is 14.7 Å². The van der Waals surface area contributed by atoms with E-state index in [-0.39, 0.29) is 30.7 Å². The van der Waals surface area contributed by atoms with Crippen LogP contribution < -0.4 is 5.32 Å². The smallest absolute Gasteiger partial charge is 0.261 e. The van der Waals surface area contributed by atoms with Gasteiger partial charge in [-0.25, -0.2) is 4.68 Å². The lowest BCUT2D eigenvalue weighted by Crippen LogP contribution is -2.31. The lowest BCUT2D eigenvalue weighted by molar-refractivity contribution is -0.116. The number of nitrogens with zero attached hydrogens (tertiary/aromatic N) is 3. The summed E-state index contributed by atoms with van der Waals surface area (Å²) in [4.78, 5) is 38.4. The van der Waals surface area contributed by atoms with Gasteiger partial charge in [0, 0.05) is 42.6 Å². The van der Waals surface area contributed by atoms with Crippen LogP contribution in [0.3, 0.4) is 0 Å². The van der Waals surface area contributed by atoms with E-state index in [9.17, 15) is 14.4 Å². The highest BCUT2D eigenvalue weighted by atomic mass is 79.9. The monoisotopic (exact) mass is 460 g/mol. The van der Waals surface area contributed by atoms with Crippen molar-refractivity contribution in [1.29, 1.82) is 0 Å². The maximum atomic E-state index is 12.5. The lowest BCUT2D eigenvalue weighted by Gasteiger charge is -2.14. The number of fused-ring (bicyclic) bond motifs is 1. The number of benzene rings is 1. The van der Waals surface area contributed by atoms with Crippen LogP contribution in [0.15, 0.2) is 34.9 Å². The summed E-state index contributed by atoms with van der Waals surface area (Å²) in [5, 5.41) is 7.13. The number of halogens is 1. The molecule has 0 aliphatic carbocycles. The largest absolute Gasteiger partial charge is 0.381 e. The van der Waals surface area contributed by atoms with Gasteiger partial charge in [-0.05, 0) is 31.0 Å². The van der Waals surface area contributed by atoms with Crippen molar-refractivity contribution in [3.63, 3.8) is 0 Å². The summed E-state index contributed by atoms with van der Waals surface area (Å²) in [6, 6.07) is 6.79. The fourth-order valence-electron chi connectivity index (χ4n) is 3.63. The van der Waals surface area contributed by atoms with Crippen molar-refractivity contribution in [3.05, 3.63) is 46.1 Å². The van der Waals surface area contributed by atoms with Crippen LogP contribution in [0.2, 0.25) is 0 Å². The Kier molecular flexibility index (Phi) is 5.77. The van der Waals surface area contributed by atoms with E-state index >= 15 is 0 Å². The SMILES string of the molecule is O=C(CCCN1C(=O)c2ccc(Br)cc2C1=O)Nc1ccnn1C[C@H]1CCOC1. The van der Waals surface area contributed by atoms with E-state index in [2.05, 4.69) is 26.3 Å². The number of hydrogen-bond acceptors (Lipinski definition) is 5. The Bertz CT molecular complexity index is 952. The fraction of sp³-hybridized carbons (Fsp3) is 0.400. The minimum atomic E-state index is -0.316. The zero-order chi connectivity index (χ0) is 20.4. The van der Waals surface area contributed by atoms with Crippen molar-refractivity contribution in [2.24, 2.45) is 5.92 Å². The summed E-state index contributed by atoms with van der Waals surface area (Å²) < 4.78 is 7.91. The zero-order valence-electron chi connectivity index (χ0n) is 15.8. The summed E-state index contributed by atoms with van der Waals surface area (Å²) in [5.74, 6) is 0.249. The average molecular weight is 461 g/mol. The number of hydrogen-bond donors (Lipinski definition) is 1. The topological polar surface area (TPSA) is 93.5 Å². The van der Waals surface area contributed by atoms with Crippen LogP contribution in [0.4, 0.5) is 5.82 Å². The van der Waals surface area contributed by atoms with E-state index in [1.165, 1.54) is 4.90 Å². The van der Waals surface area contributed by atoms with E-state index in [1.807, 2.05) is 0 Å². The van der Waals surface area contributed by atoms with Gasteiger partial charge in [-0.2, -0.15) is 5.10 Å². The van der Waals surface area contributed by atoms with Gasteiger partial charge in [0.25, 0.3) is 11.8 Å². The molecule has 1 aromatic heterocycles. The quantitative estimate of drug-likeness (QED) is 0.641. The van der Waals surface area contributed by atoms with Crippen LogP contribution in [-0.4, -0.2) is 52.2 Å².